The molecular formula is C15H20N2O2. The van der Waals surface area contributed by atoms with Crippen LogP contribution in [0, 0.1) is 0 Å². The summed E-state index contributed by atoms with van der Waals surface area (Å²) < 4.78 is 0. The average molecular weight is 260 g/mol. The maximum Gasteiger partial charge on any atom is 0.251 e. The molecule has 4 heteroatoms. The van der Waals surface area contributed by atoms with Crippen LogP contribution < -0.4 is 5.32 Å². The SMILES string of the molecule is CCCC(C)(O)CNC(=O)c1ccc2[nH]ccc2c1. The van der Waals surface area contributed by atoms with E-state index in [0.29, 0.717) is 12.0 Å². The molecule has 1 heterocycles. The molecule has 102 valence electrons. The zero-order valence-electron chi connectivity index (χ0n) is 11.4. The highest BCUT2D eigenvalue weighted by Gasteiger charge is 2.20. The molecule has 0 aliphatic heterocycles. The molecule has 0 fully saturated rings. The molecule has 4 nitrogen and oxygen atoms in total. The zero-order valence-corrected chi connectivity index (χ0v) is 11.4. The van der Waals surface area contributed by atoms with Crippen LogP contribution in [0.15, 0.2) is 30.5 Å². The van der Waals surface area contributed by atoms with E-state index in [4.69, 9.17) is 0 Å². The van der Waals surface area contributed by atoms with Crippen LogP contribution in [0.25, 0.3) is 10.9 Å². The second kappa shape index (κ2) is 5.45. The van der Waals surface area contributed by atoms with Gasteiger partial charge in [0, 0.05) is 29.2 Å². The van der Waals surface area contributed by atoms with Crippen LogP contribution in [-0.4, -0.2) is 28.1 Å². The molecule has 0 aliphatic carbocycles. The van der Waals surface area contributed by atoms with Crippen LogP contribution in [-0.2, 0) is 0 Å². The van der Waals surface area contributed by atoms with E-state index in [9.17, 15) is 9.90 Å². The number of carbonyl (C=O) groups excluding carboxylic acids is 1. The van der Waals surface area contributed by atoms with Gasteiger partial charge in [0.2, 0.25) is 0 Å². The molecule has 1 aromatic heterocycles. The largest absolute Gasteiger partial charge is 0.388 e. The lowest BCUT2D eigenvalue weighted by atomic mass is 10.0. The van der Waals surface area contributed by atoms with E-state index in [-0.39, 0.29) is 12.5 Å². The van der Waals surface area contributed by atoms with Crippen molar-refractivity contribution in [2.45, 2.75) is 32.3 Å². The minimum Gasteiger partial charge on any atom is -0.388 e. The second-order valence-corrected chi connectivity index (χ2v) is 5.21. The number of aromatic nitrogens is 1. The topological polar surface area (TPSA) is 65.1 Å². The fraction of sp³-hybridized carbons (Fsp3) is 0.400. The highest BCUT2D eigenvalue weighted by Crippen LogP contribution is 2.15. The summed E-state index contributed by atoms with van der Waals surface area (Å²) in [7, 11) is 0. The Morgan fingerprint density at radius 2 is 2.21 bits per heavy atom. The van der Waals surface area contributed by atoms with Gasteiger partial charge in [0.05, 0.1) is 5.60 Å². The van der Waals surface area contributed by atoms with Gasteiger partial charge < -0.3 is 15.4 Å². The van der Waals surface area contributed by atoms with Gasteiger partial charge in [-0.2, -0.15) is 0 Å². The molecular weight excluding hydrogens is 240 g/mol. The normalized spacial score (nSPS) is 14.3. The molecule has 19 heavy (non-hydrogen) atoms. The molecule has 1 amide bonds. The number of hydrogen-bond acceptors (Lipinski definition) is 2. The lowest BCUT2D eigenvalue weighted by molar-refractivity contribution is 0.0469. The van der Waals surface area contributed by atoms with Gasteiger partial charge in [-0.05, 0) is 37.6 Å². The fourth-order valence-electron chi connectivity index (χ4n) is 2.19. The van der Waals surface area contributed by atoms with Crippen LogP contribution in [0.4, 0.5) is 0 Å². The minimum absolute atomic E-state index is 0.153. The Bertz CT molecular complexity index is 572. The first-order valence-electron chi connectivity index (χ1n) is 6.59. The number of H-pyrrole nitrogens is 1. The van der Waals surface area contributed by atoms with E-state index < -0.39 is 5.60 Å². The summed E-state index contributed by atoms with van der Waals surface area (Å²) in [5.74, 6) is -0.153. The Hall–Kier alpha value is -1.81. The summed E-state index contributed by atoms with van der Waals surface area (Å²) in [6, 6.07) is 7.44. The van der Waals surface area contributed by atoms with Crippen molar-refractivity contribution in [2.24, 2.45) is 0 Å². The number of hydrogen-bond donors (Lipinski definition) is 3. The number of carbonyl (C=O) groups is 1. The quantitative estimate of drug-likeness (QED) is 0.773. The smallest absolute Gasteiger partial charge is 0.251 e. The van der Waals surface area contributed by atoms with Crippen molar-refractivity contribution >= 4 is 16.8 Å². The molecule has 2 aromatic rings. The Morgan fingerprint density at radius 3 is 2.95 bits per heavy atom. The highest BCUT2D eigenvalue weighted by atomic mass is 16.3. The predicted octanol–water partition coefficient (Wildman–Crippen LogP) is 2.45. The number of amides is 1. The van der Waals surface area contributed by atoms with Gasteiger partial charge in [-0.3, -0.25) is 4.79 Å². The molecule has 1 unspecified atom stereocenters. The lowest BCUT2D eigenvalue weighted by Crippen LogP contribution is -2.40. The third-order valence-corrected chi connectivity index (χ3v) is 3.23. The first-order chi connectivity index (χ1) is 9.02. The van der Waals surface area contributed by atoms with Crippen molar-refractivity contribution in [3.05, 3.63) is 36.0 Å². The Kier molecular flexibility index (Phi) is 3.90. The van der Waals surface area contributed by atoms with E-state index in [0.717, 1.165) is 17.3 Å². The van der Waals surface area contributed by atoms with Gasteiger partial charge in [-0.25, -0.2) is 0 Å². The van der Waals surface area contributed by atoms with E-state index in [1.54, 1.807) is 13.0 Å². The first kappa shape index (κ1) is 13.6. The maximum atomic E-state index is 12.0. The van der Waals surface area contributed by atoms with Crippen LogP contribution in [0.2, 0.25) is 0 Å². The Balaban J connectivity index is 2.03. The van der Waals surface area contributed by atoms with Gasteiger partial charge in [-0.15, -0.1) is 0 Å². The average Bonchev–Trinajstić information content (AvgIpc) is 2.83. The van der Waals surface area contributed by atoms with Crippen molar-refractivity contribution in [1.29, 1.82) is 0 Å². The molecule has 3 N–H and O–H groups in total. The van der Waals surface area contributed by atoms with Gasteiger partial charge in [0.15, 0.2) is 0 Å². The molecule has 0 aliphatic rings. The van der Waals surface area contributed by atoms with E-state index in [1.807, 2.05) is 31.3 Å². The van der Waals surface area contributed by atoms with Gasteiger partial charge >= 0.3 is 0 Å². The van der Waals surface area contributed by atoms with Gasteiger partial charge in [0.25, 0.3) is 5.91 Å². The summed E-state index contributed by atoms with van der Waals surface area (Å²) in [4.78, 5) is 15.1. The number of aromatic amines is 1. The van der Waals surface area contributed by atoms with E-state index in [1.165, 1.54) is 0 Å². The molecule has 0 radical (unpaired) electrons. The molecule has 0 spiro atoms. The minimum atomic E-state index is -0.845. The maximum absolute atomic E-state index is 12.0. The third-order valence-electron chi connectivity index (χ3n) is 3.23. The highest BCUT2D eigenvalue weighted by molar-refractivity contribution is 5.98. The molecule has 0 saturated carbocycles. The van der Waals surface area contributed by atoms with Gasteiger partial charge in [-0.1, -0.05) is 13.3 Å². The first-order valence-corrected chi connectivity index (χ1v) is 6.59. The number of fused-ring (bicyclic) bond motifs is 1. The van der Waals surface area contributed by atoms with E-state index >= 15 is 0 Å². The van der Waals surface area contributed by atoms with Crippen molar-refractivity contribution in [3.63, 3.8) is 0 Å². The van der Waals surface area contributed by atoms with Crippen LogP contribution >= 0.6 is 0 Å². The zero-order chi connectivity index (χ0) is 13.9. The van der Waals surface area contributed by atoms with E-state index in [2.05, 4.69) is 10.3 Å². The second-order valence-electron chi connectivity index (χ2n) is 5.21. The summed E-state index contributed by atoms with van der Waals surface area (Å²) in [6.45, 7) is 4.02. The monoisotopic (exact) mass is 260 g/mol. The van der Waals surface area contributed by atoms with Crippen molar-refractivity contribution < 1.29 is 9.90 Å². The molecule has 1 aromatic carbocycles. The van der Waals surface area contributed by atoms with Crippen LogP contribution in [0.5, 0.6) is 0 Å². The lowest BCUT2D eigenvalue weighted by Gasteiger charge is -2.22. The summed E-state index contributed by atoms with van der Waals surface area (Å²) in [5, 5.41) is 13.8. The van der Waals surface area contributed by atoms with Gasteiger partial charge in [0.1, 0.15) is 0 Å². The number of benzene rings is 1. The third kappa shape index (κ3) is 3.35. The van der Waals surface area contributed by atoms with Crippen LogP contribution in [0.1, 0.15) is 37.0 Å². The molecule has 0 bridgehead atoms. The molecule has 1 atom stereocenters. The number of nitrogens with one attached hydrogen (secondary N) is 2. The standard InChI is InChI=1S/C15H20N2O2/c1-3-7-15(2,19)10-17-14(18)12-4-5-13-11(9-12)6-8-16-13/h4-6,8-9,16,19H,3,7,10H2,1-2H3,(H,17,18). The predicted molar refractivity (Wildman–Crippen MR) is 76.2 cm³/mol. The van der Waals surface area contributed by atoms with Crippen molar-refractivity contribution in [3.8, 4) is 0 Å². The molecule has 0 saturated heterocycles. The summed E-state index contributed by atoms with van der Waals surface area (Å²) >= 11 is 0. The summed E-state index contributed by atoms with van der Waals surface area (Å²) in [6.07, 6.45) is 3.40. The van der Waals surface area contributed by atoms with Crippen LogP contribution in [0.3, 0.4) is 0 Å². The Labute approximate surface area is 112 Å². The van der Waals surface area contributed by atoms with Crippen molar-refractivity contribution in [1.82, 2.24) is 10.3 Å². The fourth-order valence-corrected chi connectivity index (χ4v) is 2.19. The molecule has 2 rings (SSSR count). The summed E-state index contributed by atoms with van der Waals surface area (Å²) in [5.41, 5.74) is 0.775. The number of aliphatic hydroxyl groups is 1. The van der Waals surface area contributed by atoms with Crippen molar-refractivity contribution in [2.75, 3.05) is 6.54 Å². The Morgan fingerprint density at radius 1 is 1.42 bits per heavy atom. The number of rotatable bonds is 5.